The van der Waals surface area contributed by atoms with E-state index < -0.39 is 6.43 Å². The van der Waals surface area contributed by atoms with Gasteiger partial charge < -0.3 is 0 Å². The van der Waals surface area contributed by atoms with Crippen molar-refractivity contribution in [3.05, 3.63) is 6.42 Å². The van der Waals surface area contributed by atoms with Gasteiger partial charge in [0.15, 0.2) is 0 Å². The second-order valence-corrected chi connectivity index (χ2v) is 2.08. The quantitative estimate of drug-likeness (QED) is 0.508. The number of hydrogen-bond acceptors (Lipinski definition) is 0. The topological polar surface area (TPSA) is 0 Å². The van der Waals surface area contributed by atoms with Gasteiger partial charge in [-0.3, -0.25) is 0 Å². The first-order valence-corrected chi connectivity index (χ1v) is 3.33. The molecule has 0 rings (SSSR count). The van der Waals surface area contributed by atoms with Crippen molar-refractivity contribution >= 4 is 0 Å². The minimum absolute atomic E-state index is 0.0633. The molecule has 55 valence electrons. The first kappa shape index (κ1) is 8.86. The highest BCUT2D eigenvalue weighted by Gasteiger charge is 1.99. The highest BCUT2D eigenvalue weighted by atomic mass is 19.3. The number of unbranched alkanes of at least 4 members (excludes halogenated alkanes) is 3. The Kier molecular flexibility index (Phi) is 5.89. The predicted octanol–water partition coefficient (Wildman–Crippen LogP) is 3.04. The summed E-state index contributed by atoms with van der Waals surface area (Å²) in [6.07, 6.45) is 2.48. The van der Waals surface area contributed by atoms with Crippen LogP contribution >= 0.6 is 0 Å². The molecular weight excluding hydrogens is 122 g/mol. The molecule has 0 aromatic rings. The maximum Gasteiger partial charge on any atom is 0.238 e. The first-order valence-electron chi connectivity index (χ1n) is 3.33. The maximum atomic E-state index is 11.5. The van der Waals surface area contributed by atoms with E-state index in [-0.39, 0.29) is 6.42 Å². The van der Waals surface area contributed by atoms with E-state index in [4.69, 9.17) is 0 Å². The zero-order valence-corrected chi connectivity index (χ0v) is 5.74. The van der Waals surface area contributed by atoms with Crippen molar-refractivity contribution in [1.29, 1.82) is 0 Å². The predicted molar refractivity (Wildman–Crippen MR) is 34.4 cm³/mol. The summed E-state index contributed by atoms with van der Waals surface area (Å²) in [5.74, 6) is 0. The fourth-order valence-corrected chi connectivity index (χ4v) is 0.647. The second kappa shape index (κ2) is 5.99. The van der Waals surface area contributed by atoms with Crippen LogP contribution in [0.1, 0.15) is 32.6 Å². The Morgan fingerprint density at radius 1 is 1.33 bits per heavy atom. The Labute approximate surface area is 55.3 Å². The van der Waals surface area contributed by atoms with Crippen LogP contribution in [-0.4, -0.2) is 6.43 Å². The summed E-state index contributed by atoms with van der Waals surface area (Å²) in [5.41, 5.74) is 0. The Bertz CT molecular complexity index is 52.9. The smallest absolute Gasteiger partial charge is 0.211 e. The van der Waals surface area contributed by atoms with Crippen LogP contribution in [0, 0.1) is 6.42 Å². The van der Waals surface area contributed by atoms with Crippen LogP contribution in [0.3, 0.4) is 0 Å². The third kappa shape index (κ3) is 7.86. The fraction of sp³-hybridized carbons (Fsp3) is 0.857. The molecule has 0 amide bonds. The Morgan fingerprint density at radius 3 is 2.44 bits per heavy atom. The highest BCUT2D eigenvalue weighted by Crippen LogP contribution is 2.07. The van der Waals surface area contributed by atoms with E-state index in [0.29, 0.717) is 6.42 Å². The zero-order chi connectivity index (χ0) is 7.11. The Morgan fingerprint density at radius 2 is 2.00 bits per heavy atom. The summed E-state index contributed by atoms with van der Waals surface area (Å²) in [6, 6.07) is 0. The molecule has 0 spiro atoms. The minimum Gasteiger partial charge on any atom is -0.211 e. The minimum atomic E-state index is -2.11. The third-order valence-corrected chi connectivity index (χ3v) is 1.17. The van der Waals surface area contributed by atoms with E-state index in [1.807, 2.05) is 13.3 Å². The van der Waals surface area contributed by atoms with Gasteiger partial charge in [0.25, 0.3) is 0 Å². The van der Waals surface area contributed by atoms with Crippen LogP contribution in [0.4, 0.5) is 8.78 Å². The fourth-order valence-electron chi connectivity index (χ4n) is 0.647. The number of hydrogen-bond donors (Lipinski definition) is 0. The van der Waals surface area contributed by atoms with Gasteiger partial charge >= 0.3 is 0 Å². The summed E-state index contributed by atoms with van der Waals surface area (Å²) >= 11 is 0. The van der Waals surface area contributed by atoms with Crippen LogP contribution in [0.5, 0.6) is 0 Å². The first-order chi connectivity index (χ1) is 4.27. The van der Waals surface area contributed by atoms with Gasteiger partial charge in [-0.25, -0.2) is 8.78 Å². The van der Waals surface area contributed by atoms with Crippen LogP contribution in [0.2, 0.25) is 0 Å². The largest absolute Gasteiger partial charge is 0.238 e. The van der Waals surface area contributed by atoms with Crippen molar-refractivity contribution in [3.8, 4) is 0 Å². The lowest BCUT2D eigenvalue weighted by atomic mass is 10.2. The van der Waals surface area contributed by atoms with Gasteiger partial charge in [0, 0.05) is 6.42 Å². The summed E-state index contributed by atoms with van der Waals surface area (Å²) < 4.78 is 22.9. The molecule has 0 heterocycles. The van der Waals surface area contributed by atoms with E-state index in [1.54, 1.807) is 0 Å². The highest BCUT2D eigenvalue weighted by molar-refractivity contribution is 4.55. The Hall–Kier alpha value is -0.140. The normalized spacial score (nSPS) is 10.7. The average Bonchev–Trinajstić information content (AvgIpc) is 1.80. The molecule has 2 heteroatoms. The molecule has 0 aliphatic heterocycles. The summed E-state index contributed by atoms with van der Waals surface area (Å²) in [6.45, 7) is 1.95. The van der Waals surface area contributed by atoms with Crippen LogP contribution in [-0.2, 0) is 0 Å². The zero-order valence-electron chi connectivity index (χ0n) is 5.74. The lowest BCUT2D eigenvalue weighted by Gasteiger charge is -1.96. The molecule has 9 heavy (non-hydrogen) atoms. The monoisotopic (exact) mass is 135 g/mol. The molecule has 0 aliphatic carbocycles. The van der Waals surface area contributed by atoms with Gasteiger partial charge in [-0.2, -0.15) is 0 Å². The van der Waals surface area contributed by atoms with Crippen molar-refractivity contribution in [1.82, 2.24) is 0 Å². The molecule has 0 fully saturated rings. The summed E-state index contributed by atoms with van der Waals surface area (Å²) in [4.78, 5) is 0. The standard InChI is InChI=1S/C7H13F2/c1-2-3-4-5-6-7(8)9/h2,7H,3-6H2,1H3. The Balaban J connectivity index is 2.75. The van der Waals surface area contributed by atoms with Crippen molar-refractivity contribution in [2.24, 2.45) is 0 Å². The van der Waals surface area contributed by atoms with Crippen molar-refractivity contribution in [3.63, 3.8) is 0 Å². The SMILES string of the molecule is C[CH]CCCCC(F)F. The van der Waals surface area contributed by atoms with Gasteiger partial charge in [0.1, 0.15) is 0 Å². The third-order valence-electron chi connectivity index (χ3n) is 1.17. The molecule has 0 saturated heterocycles. The molecule has 0 aromatic heterocycles. The molecule has 0 nitrogen and oxygen atoms in total. The molecule has 0 aromatic carbocycles. The molecule has 0 unspecified atom stereocenters. The van der Waals surface area contributed by atoms with E-state index in [0.717, 1.165) is 12.8 Å². The van der Waals surface area contributed by atoms with Gasteiger partial charge in [-0.1, -0.05) is 19.8 Å². The summed E-state index contributed by atoms with van der Waals surface area (Å²) in [5, 5.41) is 0. The molecular formula is C7H13F2. The molecule has 0 saturated carbocycles. The van der Waals surface area contributed by atoms with Crippen LogP contribution in [0.15, 0.2) is 0 Å². The molecule has 0 atom stereocenters. The van der Waals surface area contributed by atoms with Gasteiger partial charge in [0.2, 0.25) is 6.43 Å². The van der Waals surface area contributed by atoms with E-state index in [9.17, 15) is 8.78 Å². The van der Waals surface area contributed by atoms with E-state index in [1.165, 1.54) is 0 Å². The molecule has 0 aliphatic rings. The number of rotatable bonds is 5. The van der Waals surface area contributed by atoms with Crippen LogP contribution < -0.4 is 0 Å². The van der Waals surface area contributed by atoms with Gasteiger partial charge in [-0.05, 0) is 12.8 Å². The van der Waals surface area contributed by atoms with Gasteiger partial charge in [-0.15, -0.1) is 0 Å². The van der Waals surface area contributed by atoms with E-state index >= 15 is 0 Å². The maximum absolute atomic E-state index is 11.5. The number of alkyl halides is 2. The second-order valence-electron chi connectivity index (χ2n) is 2.08. The lowest BCUT2D eigenvalue weighted by molar-refractivity contribution is 0.134. The lowest BCUT2D eigenvalue weighted by Crippen LogP contribution is -1.88. The average molecular weight is 135 g/mol. The van der Waals surface area contributed by atoms with E-state index in [2.05, 4.69) is 0 Å². The molecule has 0 bridgehead atoms. The summed E-state index contributed by atoms with van der Waals surface area (Å²) in [7, 11) is 0. The van der Waals surface area contributed by atoms with Crippen molar-refractivity contribution < 1.29 is 8.78 Å². The van der Waals surface area contributed by atoms with Crippen LogP contribution in [0.25, 0.3) is 0 Å². The van der Waals surface area contributed by atoms with Gasteiger partial charge in [0.05, 0.1) is 0 Å². The van der Waals surface area contributed by atoms with Crippen molar-refractivity contribution in [2.75, 3.05) is 0 Å². The van der Waals surface area contributed by atoms with Crippen molar-refractivity contribution in [2.45, 2.75) is 39.0 Å². The molecule has 0 N–H and O–H groups in total. The number of halogens is 2. The molecule has 1 radical (unpaired) electrons.